The number of halogens is 4. The molecule has 10 heteroatoms. The standard InChI is InChI=1S/C26H32F4N4O2/c1-16-5-6-20(27)19-14-21(32-23(16)19)24(36)31-17-3-2-4-18(13-17)33-11-9-25(10-12-33)8-7-22(35)34(25)15-26(28,29)30/h5-6,14,17-18,32H,2-4,7-13,15H2,1H3,(H,31,36)/t17-,18-/m1/s1. The predicted octanol–water partition coefficient (Wildman–Crippen LogP) is 4.68. The van der Waals surface area contributed by atoms with Crippen LogP contribution in [-0.2, 0) is 4.79 Å². The second-order valence-corrected chi connectivity index (χ2v) is 10.7. The van der Waals surface area contributed by atoms with Crippen molar-refractivity contribution in [2.24, 2.45) is 0 Å². The van der Waals surface area contributed by atoms with Crippen molar-refractivity contribution in [1.82, 2.24) is 20.1 Å². The van der Waals surface area contributed by atoms with Crippen LogP contribution in [0.3, 0.4) is 0 Å². The fraction of sp³-hybridized carbons (Fsp3) is 0.615. The Labute approximate surface area is 207 Å². The molecule has 3 aliphatic rings. The Balaban J connectivity index is 1.20. The number of nitrogens with zero attached hydrogens (tertiary/aromatic N) is 2. The second kappa shape index (κ2) is 9.36. The topological polar surface area (TPSA) is 68.4 Å². The van der Waals surface area contributed by atoms with E-state index in [0.717, 1.165) is 36.1 Å². The Hall–Kier alpha value is -2.62. The first-order valence-corrected chi connectivity index (χ1v) is 12.7. The zero-order valence-corrected chi connectivity index (χ0v) is 20.4. The first-order valence-electron chi connectivity index (χ1n) is 12.7. The number of H-pyrrole nitrogens is 1. The summed E-state index contributed by atoms with van der Waals surface area (Å²) in [7, 11) is 0. The molecule has 0 radical (unpaired) electrons. The molecule has 0 unspecified atom stereocenters. The molecular formula is C26H32F4N4O2. The molecule has 2 amide bonds. The third kappa shape index (κ3) is 4.84. The van der Waals surface area contributed by atoms with E-state index >= 15 is 0 Å². The molecular weight excluding hydrogens is 476 g/mol. The van der Waals surface area contributed by atoms with Gasteiger partial charge in [-0.2, -0.15) is 13.2 Å². The minimum Gasteiger partial charge on any atom is -0.350 e. The van der Waals surface area contributed by atoms with E-state index in [1.165, 1.54) is 6.07 Å². The number of aryl methyl sites for hydroxylation is 1. The minimum atomic E-state index is -4.39. The zero-order valence-electron chi connectivity index (χ0n) is 20.4. The number of hydrogen-bond acceptors (Lipinski definition) is 3. The lowest BCUT2D eigenvalue weighted by Gasteiger charge is -2.48. The van der Waals surface area contributed by atoms with E-state index in [1.54, 1.807) is 12.1 Å². The van der Waals surface area contributed by atoms with E-state index in [-0.39, 0.29) is 30.2 Å². The average molecular weight is 509 g/mol. The largest absolute Gasteiger partial charge is 0.406 e. The summed E-state index contributed by atoms with van der Waals surface area (Å²) < 4.78 is 53.4. The predicted molar refractivity (Wildman–Crippen MR) is 127 cm³/mol. The number of benzene rings is 1. The van der Waals surface area contributed by atoms with Gasteiger partial charge in [0.1, 0.15) is 18.1 Å². The van der Waals surface area contributed by atoms with E-state index in [9.17, 15) is 27.2 Å². The van der Waals surface area contributed by atoms with Crippen molar-refractivity contribution in [1.29, 1.82) is 0 Å². The first kappa shape index (κ1) is 25.0. The van der Waals surface area contributed by atoms with Crippen LogP contribution in [-0.4, -0.2) is 70.0 Å². The number of aromatic amines is 1. The average Bonchev–Trinajstić information content (AvgIpc) is 3.41. The van der Waals surface area contributed by atoms with E-state index in [4.69, 9.17) is 0 Å². The van der Waals surface area contributed by atoms with Crippen LogP contribution in [0.15, 0.2) is 18.2 Å². The summed E-state index contributed by atoms with van der Waals surface area (Å²) >= 11 is 0. The Morgan fingerprint density at radius 2 is 1.94 bits per heavy atom. The van der Waals surface area contributed by atoms with Gasteiger partial charge in [0.2, 0.25) is 5.91 Å². The van der Waals surface area contributed by atoms with Crippen molar-refractivity contribution in [2.45, 2.75) is 82.1 Å². The molecule has 1 saturated carbocycles. The van der Waals surface area contributed by atoms with Crippen LogP contribution < -0.4 is 5.32 Å². The van der Waals surface area contributed by atoms with Crippen molar-refractivity contribution >= 4 is 22.7 Å². The van der Waals surface area contributed by atoms with Gasteiger partial charge in [0, 0.05) is 42.5 Å². The van der Waals surface area contributed by atoms with Crippen LogP contribution in [0.1, 0.15) is 67.4 Å². The number of alkyl halides is 3. The molecule has 6 nitrogen and oxygen atoms in total. The molecule has 36 heavy (non-hydrogen) atoms. The highest BCUT2D eigenvalue weighted by atomic mass is 19.4. The van der Waals surface area contributed by atoms with Crippen LogP contribution >= 0.6 is 0 Å². The molecule has 2 aliphatic heterocycles. The summed E-state index contributed by atoms with van der Waals surface area (Å²) in [6.07, 6.45) is 0.893. The van der Waals surface area contributed by atoms with Gasteiger partial charge in [0.05, 0.1) is 5.52 Å². The molecule has 2 atom stereocenters. The maximum Gasteiger partial charge on any atom is 0.406 e. The van der Waals surface area contributed by atoms with Gasteiger partial charge in [-0.05, 0) is 69.6 Å². The SMILES string of the molecule is Cc1ccc(F)c2cc(C(=O)N[C@@H]3CCC[C@@H](N4CCC5(CCC(=O)N5CC(F)(F)F)CC4)C3)[nH]c12. The number of amides is 2. The number of aromatic nitrogens is 1. The number of nitrogens with one attached hydrogen (secondary N) is 2. The fourth-order valence-electron chi connectivity index (χ4n) is 6.47. The summed E-state index contributed by atoms with van der Waals surface area (Å²) in [6.45, 7) is 1.99. The van der Waals surface area contributed by atoms with Gasteiger partial charge < -0.3 is 20.1 Å². The molecule has 196 valence electrons. The van der Waals surface area contributed by atoms with Crippen LogP contribution in [0.5, 0.6) is 0 Å². The lowest BCUT2D eigenvalue weighted by molar-refractivity contribution is -0.170. The normalized spacial score (nSPS) is 25.1. The van der Waals surface area contributed by atoms with E-state index in [0.29, 0.717) is 48.9 Å². The van der Waals surface area contributed by atoms with Gasteiger partial charge in [-0.25, -0.2) is 4.39 Å². The summed E-state index contributed by atoms with van der Waals surface area (Å²) in [5.41, 5.74) is 1.13. The van der Waals surface area contributed by atoms with E-state index in [2.05, 4.69) is 15.2 Å². The van der Waals surface area contributed by atoms with Crippen molar-refractivity contribution in [2.75, 3.05) is 19.6 Å². The number of carbonyl (C=O) groups is 2. The summed E-state index contributed by atoms with van der Waals surface area (Å²) in [4.78, 5) is 31.6. The van der Waals surface area contributed by atoms with E-state index < -0.39 is 24.2 Å². The molecule has 2 saturated heterocycles. The molecule has 3 fully saturated rings. The lowest BCUT2D eigenvalue weighted by atomic mass is 9.82. The maximum atomic E-state index is 14.2. The highest BCUT2D eigenvalue weighted by Crippen LogP contribution is 2.42. The van der Waals surface area contributed by atoms with Crippen molar-refractivity contribution in [3.63, 3.8) is 0 Å². The number of carbonyl (C=O) groups excluding carboxylic acids is 2. The number of fused-ring (bicyclic) bond motifs is 1. The number of piperidine rings is 1. The van der Waals surface area contributed by atoms with Gasteiger partial charge >= 0.3 is 6.18 Å². The number of rotatable bonds is 4. The first-order chi connectivity index (χ1) is 17.0. The molecule has 0 bridgehead atoms. The fourth-order valence-corrected chi connectivity index (χ4v) is 6.47. The zero-order chi connectivity index (χ0) is 25.7. The number of likely N-dealkylation sites (tertiary alicyclic amines) is 2. The third-order valence-corrected chi connectivity index (χ3v) is 8.44. The molecule has 1 aromatic carbocycles. The van der Waals surface area contributed by atoms with Gasteiger partial charge in [-0.15, -0.1) is 0 Å². The lowest BCUT2D eigenvalue weighted by Crippen LogP contribution is -2.57. The molecule has 2 N–H and O–H groups in total. The molecule has 2 aromatic rings. The summed E-state index contributed by atoms with van der Waals surface area (Å²) in [6, 6.07) is 4.82. The number of hydrogen-bond donors (Lipinski definition) is 2. The summed E-state index contributed by atoms with van der Waals surface area (Å²) in [5.74, 6) is -1.03. The van der Waals surface area contributed by atoms with Crippen LogP contribution in [0.2, 0.25) is 0 Å². The van der Waals surface area contributed by atoms with Crippen molar-refractivity contribution in [3.8, 4) is 0 Å². The Kier molecular flexibility index (Phi) is 6.51. The highest BCUT2D eigenvalue weighted by Gasteiger charge is 2.51. The third-order valence-electron chi connectivity index (χ3n) is 8.44. The van der Waals surface area contributed by atoms with Crippen LogP contribution in [0, 0.1) is 12.7 Å². The van der Waals surface area contributed by atoms with Gasteiger partial charge in [0.25, 0.3) is 5.91 Å². The molecule has 1 spiro atoms. The van der Waals surface area contributed by atoms with Crippen molar-refractivity contribution in [3.05, 3.63) is 35.3 Å². The molecule has 3 heterocycles. The Morgan fingerprint density at radius 3 is 2.64 bits per heavy atom. The Bertz CT molecular complexity index is 1110. The Morgan fingerprint density at radius 1 is 1.19 bits per heavy atom. The minimum absolute atomic E-state index is 0.0284. The smallest absolute Gasteiger partial charge is 0.350 e. The maximum absolute atomic E-state index is 14.2. The van der Waals surface area contributed by atoms with Gasteiger partial charge in [-0.3, -0.25) is 9.59 Å². The van der Waals surface area contributed by atoms with E-state index in [1.807, 2.05) is 6.92 Å². The van der Waals surface area contributed by atoms with Crippen LogP contribution in [0.25, 0.3) is 10.9 Å². The quantitative estimate of drug-likeness (QED) is 0.590. The van der Waals surface area contributed by atoms with Crippen molar-refractivity contribution < 1.29 is 27.2 Å². The second-order valence-electron chi connectivity index (χ2n) is 10.7. The monoisotopic (exact) mass is 508 g/mol. The molecule has 1 aromatic heterocycles. The highest BCUT2D eigenvalue weighted by molar-refractivity contribution is 5.99. The molecule has 5 rings (SSSR count). The molecule has 1 aliphatic carbocycles. The van der Waals surface area contributed by atoms with Gasteiger partial charge in [-0.1, -0.05) is 6.07 Å². The summed E-state index contributed by atoms with van der Waals surface area (Å²) in [5, 5.41) is 3.49. The van der Waals surface area contributed by atoms with Crippen LogP contribution in [0.4, 0.5) is 17.6 Å². The van der Waals surface area contributed by atoms with Gasteiger partial charge in [0.15, 0.2) is 0 Å².